The zero-order valence-corrected chi connectivity index (χ0v) is 17.5. The smallest absolute Gasteiger partial charge is 0.0180 e. The van der Waals surface area contributed by atoms with Crippen LogP contribution in [0.15, 0.2) is 36.5 Å². The van der Waals surface area contributed by atoms with Gasteiger partial charge in [-0.25, -0.2) is 0 Å². The average Bonchev–Trinajstić information content (AvgIpc) is 2.52. The first-order valence-electron chi connectivity index (χ1n) is 8.96. The fourth-order valence-corrected chi connectivity index (χ4v) is 2.99. The lowest BCUT2D eigenvalue weighted by Crippen LogP contribution is -1.95. The van der Waals surface area contributed by atoms with E-state index in [-0.39, 0.29) is 0 Å². The molecule has 0 aliphatic heterocycles. The molecule has 0 saturated heterocycles. The molecule has 0 nitrogen and oxygen atoms in total. The predicted molar refractivity (Wildman–Crippen MR) is 110 cm³/mol. The van der Waals surface area contributed by atoms with E-state index in [2.05, 4.69) is 75.2 Å². The fourth-order valence-electron chi connectivity index (χ4n) is 2.19. The van der Waals surface area contributed by atoms with Gasteiger partial charge >= 0.3 is 0 Å². The number of hydrogen-bond donors (Lipinski definition) is 0. The van der Waals surface area contributed by atoms with E-state index in [4.69, 9.17) is 0 Å². The minimum atomic E-state index is 0.658. The highest BCUT2D eigenvalue weighted by Gasteiger charge is 2.00. The average molecular weight is 434 g/mol. The van der Waals surface area contributed by atoms with Crippen LogP contribution in [-0.2, 0) is 0 Å². The van der Waals surface area contributed by atoms with Crippen molar-refractivity contribution in [2.45, 2.75) is 82.4 Å². The Kier molecular flexibility index (Phi) is 19.4. The van der Waals surface area contributed by atoms with Gasteiger partial charge in [0.25, 0.3) is 0 Å². The largest absolute Gasteiger partial charge is 0.0925 e. The molecule has 0 aromatic heterocycles. The molecule has 0 bridgehead atoms. The molecule has 1 atom stereocenters. The third-order valence-corrected chi connectivity index (χ3v) is 4.84. The van der Waals surface area contributed by atoms with Crippen LogP contribution in [0.2, 0.25) is 0 Å². The van der Waals surface area contributed by atoms with Crippen LogP contribution < -0.4 is 0 Å². The topological polar surface area (TPSA) is 0 Å². The maximum absolute atomic E-state index is 3.80. The van der Waals surface area contributed by atoms with Crippen LogP contribution in [0, 0.1) is 0 Å². The zero-order chi connectivity index (χ0) is 16.3. The van der Waals surface area contributed by atoms with E-state index in [9.17, 15) is 0 Å². The van der Waals surface area contributed by atoms with Crippen LogP contribution in [0.4, 0.5) is 0 Å². The normalized spacial score (nSPS) is 13.8. The van der Waals surface area contributed by atoms with Crippen molar-refractivity contribution < 1.29 is 0 Å². The molecule has 0 N–H and O–H groups in total. The second kappa shape index (κ2) is 19.2. The van der Waals surface area contributed by atoms with Crippen molar-refractivity contribution in [3.63, 3.8) is 0 Å². The molecule has 0 aliphatic carbocycles. The lowest BCUT2D eigenvalue weighted by Gasteiger charge is -2.05. The van der Waals surface area contributed by atoms with Crippen LogP contribution in [0.25, 0.3) is 0 Å². The fraction of sp³-hybridized carbons (Fsp3) is 0.700. The molecule has 0 heterocycles. The summed E-state index contributed by atoms with van der Waals surface area (Å²) in [7, 11) is 0. The number of halogens is 2. The summed E-state index contributed by atoms with van der Waals surface area (Å²) < 4.78 is 0. The molecule has 0 aromatic carbocycles. The molecule has 0 aromatic rings. The van der Waals surface area contributed by atoms with Gasteiger partial charge in [0.15, 0.2) is 0 Å². The SMILES string of the molecule is CCCCC/C=C\CC(Br)CCCCC=CCC=CCCBr. The summed E-state index contributed by atoms with van der Waals surface area (Å²) in [5, 5.41) is 1.06. The molecular weight excluding hydrogens is 400 g/mol. The Bertz CT molecular complexity index is 292. The number of hydrogen-bond acceptors (Lipinski definition) is 0. The van der Waals surface area contributed by atoms with Gasteiger partial charge in [0.2, 0.25) is 0 Å². The second-order valence-corrected chi connectivity index (χ2v) is 7.83. The first kappa shape index (κ1) is 22.2. The van der Waals surface area contributed by atoms with Gasteiger partial charge in [-0.05, 0) is 51.4 Å². The molecule has 0 rings (SSSR count). The van der Waals surface area contributed by atoms with E-state index in [0.717, 1.165) is 18.2 Å². The van der Waals surface area contributed by atoms with Gasteiger partial charge in [-0.2, -0.15) is 0 Å². The predicted octanol–water partition coefficient (Wildman–Crippen LogP) is 8.12. The minimum Gasteiger partial charge on any atom is -0.0925 e. The Balaban J connectivity index is 3.37. The number of rotatable bonds is 15. The van der Waals surface area contributed by atoms with Crippen LogP contribution in [0.1, 0.15) is 77.6 Å². The lowest BCUT2D eigenvalue weighted by atomic mass is 10.1. The maximum Gasteiger partial charge on any atom is 0.0180 e. The maximum atomic E-state index is 3.80. The number of alkyl halides is 2. The third kappa shape index (κ3) is 18.2. The van der Waals surface area contributed by atoms with Gasteiger partial charge in [-0.15, -0.1) is 0 Å². The van der Waals surface area contributed by atoms with Gasteiger partial charge in [-0.3, -0.25) is 0 Å². The van der Waals surface area contributed by atoms with Crippen LogP contribution in [-0.4, -0.2) is 10.2 Å². The van der Waals surface area contributed by atoms with Crippen molar-refractivity contribution in [1.82, 2.24) is 0 Å². The summed E-state index contributed by atoms with van der Waals surface area (Å²) >= 11 is 7.22. The highest BCUT2D eigenvalue weighted by atomic mass is 79.9. The Morgan fingerprint density at radius 1 is 0.773 bits per heavy atom. The molecule has 0 fully saturated rings. The van der Waals surface area contributed by atoms with E-state index < -0.39 is 0 Å². The van der Waals surface area contributed by atoms with Gasteiger partial charge < -0.3 is 0 Å². The molecule has 0 radical (unpaired) electrons. The Hall–Kier alpha value is 0.180. The van der Waals surface area contributed by atoms with E-state index in [0.29, 0.717) is 4.83 Å². The summed E-state index contributed by atoms with van der Waals surface area (Å²) in [6, 6.07) is 0. The van der Waals surface area contributed by atoms with Crippen molar-refractivity contribution in [2.75, 3.05) is 5.33 Å². The third-order valence-electron chi connectivity index (χ3n) is 3.55. The Morgan fingerprint density at radius 3 is 2.09 bits per heavy atom. The molecule has 0 amide bonds. The molecule has 22 heavy (non-hydrogen) atoms. The second-order valence-electron chi connectivity index (χ2n) is 5.74. The summed E-state index contributed by atoms with van der Waals surface area (Å²) in [4.78, 5) is 0.658. The Labute approximate surface area is 155 Å². The first-order chi connectivity index (χ1) is 10.8. The number of unbranched alkanes of at least 4 members (excludes halogenated alkanes) is 5. The van der Waals surface area contributed by atoms with E-state index in [1.165, 1.54) is 57.8 Å². The van der Waals surface area contributed by atoms with E-state index in [1.54, 1.807) is 0 Å². The highest BCUT2D eigenvalue weighted by molar-refractivity contribution is 9.09. The van der Waals surface area contributed by atoms with Crippen LogP contribution in [0.5, 0.6) is 0 Å². The van der Waals surface area contributed by atoms with E-state index >= 15 is 0 Å². The van der Waals surface area contributed by atoms with E-state index in [1.807, 2.05) is 0 Å². The molecule has 0 aliphatic rings. The summed E-state index contributed by atoms with van der Waals surface area (Å²) in [5.74, 6) is 0. The Morgan fingerprint density at radius 2 is 1.41 bits per heavy atom. The zero-order valence-electron chi connectivity index (χ0n) is 14.3. The van der Waals surface area contributed by atoms with Crippen molar-refractivity contribution in [1.29, 1.82) is 0 Å². The molecular formula is C20H34Br2. The van der Waals surface area contributed by atoms with Crippen molar-refractivity contribution >= 4 is 31.9 Å². The lowest BCUT2D eigenvalue weighted by molar-refractivity contribution is 0.667. The van der Waals surface area contributed by atoms with Crippen molar-refractivity contribution in [3.05, 3.63) is 36.5 Å². The quantitative estimate of drug-likeness (QED) is 0.139. The van der Waals surface area contributed by atoms with Crippen molar-refractivity contribution in [3.8, 4) is 0 Å². The standard InChI is InChI=1S/C20H34Br2/c1-2-3-4-5-11-14-17-20(22)18-15-12-9-7-6-8-10-13-16-19-21/h6-7,10-11,13-14,20H,2-5,8-9,12,15-19H2,1H3/b7-6?,13-10?,14-11-. The highest BCUT2D eigenvalue weighted by Crippen LogP contribution is 2.16. The monoisotopic (exact) mass is 432 g/mol. The summed E-state index contributed by atoms with van der Waals surface area (Å²) in [5.41, 5.74) is 0. The minimum absolute atomic E-state index is 0.658. The van der Waals surface area contributed by atoms with Crippen LogP contribution in [0.3, 0.4) is 0 Å². The van der Waals surface area contributed by atoms with Gasteiger partial charge in [0.05, 0.1) is 0 Å². The van der Waals surface area contributed by atoms with Gasteiger partial charge in [0, 0.05) is 10.2 Å². The summed E-state index contributed by atoms with van der Waals surface area (Å²) in [6.07, 6.45) is 27.6. The van der Waals surface area contributed by atoms with Crippen molar-refractivity contribution in [2.24, 2.45) is 0 Å². The molecule has 1 unspecified atom stereocenters. The summed E-state index contributed by atoms with van der Waals surface area (Å²) in [6.45, 7) is 2.26. The molecule has 0 spiro atoms. The number of allylic oxidation sites excluding steroid dienone is 6. The first-order valence-corrected chi connectivity index (χ1v) is 11.0. The molecule has 0 saturated carbocycles. The van der Waals surface area contributed by atoms with Gasteiger partial charge in [0.1, 0.15) is 0 Å². The molecule has 128 valence electrons. The van der Waals surface area contributed by atoms with Gasteiger partial charge in [-0.1, -0.05) is 94.5 Å². The van der Waals surface area contributed by atoms with Crippen LogP contribution >= 0.6 is 31.9 Å². The molecule has 2 heteroatoms.